The highest BCUT2D eigenvalue weighted by atomic mass is 19.1. The normalized spacial score (nSPS) is 13.9. The number of rotatable bonds is 5. The van der Waals surface area contributed by atoms with Crippen molar-refractivity contribution in [3.05, 3.63) is 54.3 Å². The zero-order chi connectivity index (χ0) is 19.6. The van der Waals surface area contributed by atoms with E-state index in [1.165, 1.54) is 43.5 Å². The molecule has 1 aliphatic rings. The van der Waals surface area contributed by atoms with Crippen molar-refractivity contribution in [1.82, 2.24) is 4.90 Å². The van der Waals surface area contributed by atoms with Crippen molar-refractivity contribution in [2.75, 3.05) is 23.9 Å². The molecule has 3 rings (SSSR count). The van der Waals surface area contributed by atoms with Gasteiger partial charge in [0.2, 0.25) is 5.91 Å². The summed E-state index contributed by atoms with van der Waals surface area (Å²) in [7, 11) is 1.46. The molecule has 5 amide bonds. The van der Waals surface area contributed by atoms with Crippen LogP contribution in [0.1, 0.15) is 0 Å². The molecule has 9 heteroatoms. The van der Waals surface area contributed by atoms with Gasteiger partial charge in [-0.2, -0.15) is 0 Å². The third kappa shape index (κ3) is 3.61. The lowest BCUT2D eigenvalue weighted by Gasteiger charge is -2.15. The van der Waals surface area contributed by atoms with E-state index >= 15 is 0 Å². The van der Waals surface area contributed by atoms with Gasteiger partial charge in [0.05, 0.1) is 12.8 Å². The Kier molecular flexibility index (Phi) is 4.84. The molecule has 1 saturated heterocycles. The second-order valence-electron chi connectivity index (χ2n) is 5.57. The number of halogens is 1. The molecule has 0 aromatic heterocycles. The molecular weight excluding hydrogens is 357 g/mol. The number of hydrogen-bond acceptors (Lipinski definition) is 5. The Morgan fingerprint density at radius 1 is 1.00 bits per heavy atom. The topological polar surface area (TPSA) is 96.0 Å². The maximum absolute atomic E-state index is 12.9. The van der Waals surface area contributed by atoms with Gasteiger partial charge in [-0.25, -0.2) is 19.0 Å². The van der Waals surface area contributed by atoms with E-state index in [2.05, 4.69) is 5.32 Å². The Bertz CT molecular complexity index is 912. The minimum absolute atomic E-state index is 0.181. The summed E-state index contributed by atoms with van der Waals surface area (Å²) in [4.78, 5) is 50.1. The second kappa shape index (κ2) is 7.24. The monoisotopic (exact) mass is 371 g/mol. The molecule has 138 valence electrons. The zero-order valence-electron chi connectivity index (χ0n) is 14.1. The van der Waals surface area contributed by atoms with Gasteiger partial charge in [0, 0.05) is 5.69 Å². The Balaban J connectivity index is 1.73. The van der Waals surface area contributed by atoms with Crippen LogP contribution in [0, 0.1) is 5.82 Å². The Labute approximate surface area is 153 Å². The van der Waals surface area contributed by atoms with Crippen molar-refractivity contribution in [2.45, 2.75) is 0 Å². The maximum atomic E-state index is 12.9. The minimum atomic E-state index is -1.11. The number of amides is 5. The standard InChI is InChI=1S/C18H14FN3O5/c1-27-14-8-6-13(7-9-14)22-17(25)16(24)21(18(22)26)10-15(23)20-12-4-2-11(19)3-5-12/h2-9H,10H2,1H3,(H,20,23). The van der Waals surface area contributed by atoms with E-state index in [1.54, 1.807) is 0 Å². The molecule has 2 aromatic carbocycles. The molecular formula is C18H14FN3O5. The number of hydrogen-bond donors (Lipinski definition) is 1. The van der Waals surface area contributed by atoms with Gasteiger partial charge in [-0.15, -0.1) is 0 Å². The van der Waals surface area contributed by atoms with Crippen LogP contribution in [-0.2, 0) is 14.4 Å². The largest absolute Gasteiger partial charge is 0.497 e. The number of anilines is 2. The van der Waals surface area contributed by atoms with E-state index in [-0.39, 0.29) is 5.69 Å². The van der Waals surface area contributed by atoms with Gasteiger partial charge in [-0.05, 0) is 48.5 Å². The van der Waals surface area contributed by atoms with Crippen LogP contribution in [0.5, 0.6) is 5.75 Å². The number of urea groups is 1. The highest BCUT2D eigenvalue weighted by Crippen LogP contribution is 2.24. The van der Waals surface area contributed by atoms with Crippen molar-refractivity contribution in [2.24, 2.45) is 0 Å². The van der Waals surface area contributed by atoms with Gasteiger partial charge in [0.25, 0.3) is 0 Å². The first-order valence-corrected chi connectivity index (χ1v) is 7.80. The van der Waals surface area contributed by atoms with Crippen LogP contribution < -0.4 is 15.0 Å². The number of benzene rings is 2. The van der Waals surface area contributed by atoms with E-state index < -0.39 is 36.1 Å². The third-order valence-electron chi connectivity index (χ3n) is 3.81. The molecule has 0 bridgehead atoms. The molecule has 0 radical (unpaired) electrons. The predicted octanol–water partition coefficient (Wildman–Crippen LogP) is 1.77. The fourth-order valence-corrected chi connectivity index (χ4v) is 2.48. The van der Waals surface area contributed by atoms with Crippen molar-refractivity contribution in [3.8, 4) is 5.75 Å². The van der Waals surface area contributed by atoms with Gasteiger partial charge in [0.1, 0.15) is 18.1 Å². The van der Waals surface area contributed by atoms with Crippen molar-refractivity contribution in [3.63, 3.8) is 0 Å². The first kappa shape index (κ1) is 18.1. The lowest BCUT2D eigenvalue weighted by atomic mass is 10.3. The van der Waals surface area contributed by atoms with E-state index in [9.17, 15) is 23.6 Å². The van der Waals surface area contributed by atoms with Gasteiger partial charge >= 0.3 is 17.8 Å². The summed E-state index contributed by atoms with van der Waals surface area (Å²) >= 11 is 0. The number of methoxy groups -OCH3 is 1. The molecule has 0 saturated carbocycles. The quantitative estimate of drug-likeness (QED) is 0.638. The number of imide groups is 2. The summed E-state index contributed by atoms with van der Waals surface area (Å²) in [6, 6.07) is 9.99. The zero-order valence-corrected chi connectivity index (χ0v) is 14.1. The summed E-state index contributed by atoms with van der Waals surface area (Å²) in [5, 5.41) is 2.42. The average Bonchev–Trinajstić information content (AvgIpc) is 2.87. The van der Waals surface area contributed by atoms with Crippen LogP contribution in [0.3, 0.4) is 0 Å². The molecule has 0 spiro atoms. The van der Waals surface area contributed by atoms with Crippen molar-refractivity contribution >= 4 is 35.1 Å². The molecule has 1 heterocycles. The molecule has 0 aliphatic carbocycles. The van der Waals surface area contributed by atoms with Crippen LogP contribution in [-0.4, -0.2) is 42.3 Å². The van der Waals surface area contributed by atoms with Gasteiger partial charge in [-0.1, -0.05) is 0 Å². The number of carbonyl (C=O) groups is 4. The van der Waals surface area contributed by atoms with Crippen LogP contribution >= 0.6 is 0 Å². The summed E-state index contributed by atoms with van der Waals surface area (Å²) in [6.07, 6.45) is 0. The molecule has 0 unspecified atom stereocenters. The number of nitrogens with one attached hydrogen (secondary N) is 1. The van der Waals surface area contributed by atoms with Crippen LogP contribution in [0.2, 0.25) is 0 Å². The highest BCUT2D eigenvalue weighted by Gasteiger charge is 2.46. The van der Waals surface area contributed by atoms with E-state index in [4.69, 9.17) is 4.74 Å². The SMILES string of the molecule is COc1ccc(N2C(=O)C(=O)N(CC(=O)Nc3ccc(F)cc3)C2=O)cc1. The van der Waals surface area contributed by atoms with E-state index in [1.807, 2.05) is 0 Å². The first-order chi connectivity index (χ1) is 12.9. The molecule has 1 N–H and O–H groups in total. The Morgan fingerprint density at radius 3 is 2.22 bits per heavy atom. The Hall–Kier alpha value is -3.75. The number of carbonyl (C=O) groups excluding carboxylic acids is 4. The van der Waals surface area contributed by atoms with Crippen LogP contribution in [0.4, 0.5) is 20.6 Å². The third-order valence-corrected chi connectivity index (χ3v) is 3.81. The molecule has 8 nitrogen and oxygen atoms in total. The summed E-state index contributed by atoms with van der Waals surface area (Å²) in [5.41, 5.74) is 0.472. The summed E-state index contributed by atoms with van der Waals surface area (Å²) in [6.45, 7) is -0.645. The first-order valence-electron chi connectivity index (χ1n) is 7.80. The Morgan fingerprint density at radius 2 is 1.63 bits per heavy atom. The fourth-order valence-electron chi connectivity index (χ4n) is 2.48. The van der Waals surface area contributed by atoms with Gasteiger partial charge < -0.3 is 10.1 Å². The number of ether oxygens (including phenoxy) is 1. The molecule has 27 heavy (non-hydrogen) atoms. The average molecular weight is 371 g/mol. The van der Waals surface area contributed by atoms with Gasteiger partial charge in [-0.3, -0.25) is 14.4 Å². The van der Waals surface area contributed by atoms with E-state index in [0.29, 0.717) is 21.2 Å². The molecule has 2 aromatic rings. The molecule has 1 aliphatic heterocycles. The minimum Gasteiger partial charge on any atom is -0.497 e. The van der Waals surface area contributed by atoms with Crippen LogP contribution in [0.25, 0.3) is 0 Å². The number of nitrogens with zero attached hydrogens (tertiary/aromatic N) is 2. The summed E-state index contributed by atoms with van der Waals surface area (Å²) < 4.78 is 17.9. The highest BCUT2D eigenvalue weighted by molar-refractivity contribution is 6.53. The van der Waals surface area contributed by atoms with Crippen molar-refractivity contribution in [1.29, 1.82) is 0 Å². The lowest BCUT2D eigenvalue weighted by molar-refractivity contribution is -0.140. The van der Waals surface area contributed by atoms with Crippen LogP contribution in [0.15, 0.2) is 48.5 Å². The second-order valence-corrected chi connectivity index (χ2v) is 5.57. The molecule has 0 atom stereocenters. The van der Waals surface area contributed by atoms with Crippen molar-refractivity contribution < 1.29 is 28.3 Å². The predicted molar refractivity (Wildman–Crippen MR) is 92.6 cm³/mol. The lowest BCUT2D eigenvalue weighted by Crippen LogP contribution is -2.39. The molecule has 1 fully saturated rings. The maximum Gasteiger partial charge on any atom is 0.339 e. The fraction of sp³-hybridized carbons (Fsp3) is 0.111. The van der Waals surface area contributed by atoms with E-state index in [0.717, 1.165) is 12.1 Å². The summed E-state index contributed by atoms with van der Waals surface area (Å²) in [5.74, 6) is -2.82. The van der Waals surface area contributed by atoms with Gasteiger partial charge in [0.15, 0.2) is 0 Å². The smallest absolute Gasteiger partial charge is 0.339 e.